The summed E-state index contributed by atoms with van der Waals surface area (Å²) >= 11 is 0. The number of para-hydroxylation sites is 2. The number of carbonyl (C=O) groups is 1. The molecule has 1 aliphatic rings. The van der Waals surface area contributed by atoms with Crippen molar-refractivity contribution in [2.45, 2.75) is 6.54 Å². The van der Waals surface area contributed by atoms with Crippen LogP contribution in [0, 0.1) is 0 Å². The molecule has 4 rings (SSSR count). The van der Waals surface area contributed by atoms with Gasteiger partial charge < -0.3 is 15.0 Å². The molecule has 1 aromatic carbocycles. The highest BCUT2D eigenvalue weighted by Gasteiger charge is 2.24. The SMILES string of the molecule is COc1ccccc1Nc1ncccc1C(=O)N1CCN(Cc2ccncc2)CC1. The molecule has 0 aliphatic carbocycles. The van der Waals surface area contributed by atoms with E-state index < -0.39 is 0 Å². The van der Waals surface area contributed by atoms with Crippen molar-refractivity contribution in [3.05, 3.63) is 78.2 Å². The molecule has 0 spiro atoms. The standard InChI is InChI=1S/C23H25N5O2/c1-30-21-7-3-2-6-20(21)26-22-19(5-4-10-25-22)23(29)28-15-13-27(14-16-28)17-18-8-11-24-12-9-18/h2-12H,13-17H2,1H3,(H,25,26). The Hall–Kier alpha value is -3.45. The largest absolute Gasteiger partial charge is 0.495 e. The van der Waals surface area contributed by atoms with Crippen molar-refractivity contribution in [1.29, 1.82) is 0 Å². The van der Waals surface area contributed by atoms with Crippen molar-refractivity contribution in [1.82, 2.24) is 19.8 Å². The van der Waals surface area contributed by atoms with Crippen LogP contribution >= 0.6 is 0 Å². The number of anilines is 2. The summed E-state index contributed by atoms with van der Waals surface area (Å²) in [6.07, 6.45) is 5.31. The first-order chi connectivity index (χ1) is 14.7. The number of piperazine rings is 1. The maximum atomic E-state index is 13.2. The molecule has 7 heteroatoms. The van der Waals surface area contributed by atoms with Gasteiger partial charge in [-0.25, -0.2) is 4.98 Å². The van der Waals surface area contributed by atoms with Crippen LogP contribution in [0.25, 0.3) is 0 Å². The van der Waals surface area contributed by atoms with E-state index in [1.807, 2.05) is 59.8 Å². The summed E-state index contributed by atoms with van der Waals surface area (Å²) in [5.74, 6) is 1.22. The van der Waals surface area contributed by atoms with E-state index in [2.05, 4.69) is 20.2 Å². The van der Waals surface area contributed by atoms with Crippen LogP contribution in [0.4, 0.5) is 11.5 Å². The molecule has 7 nitrogen and oxygen atoms in total. The molecule has 0 bridgehead atoms. The first kappa shape index (κ1) is 19.8. The second kappa shape index (κ2) is 9.37. The predicted octanol–water partition coefficient (Wildman–Crippen LogP) is 3.19. The van der Waals surface area contributed by atoms with E-state index in [0.29, 0.717) is 30.2 Å². The molecule has 0 atom stereocenters. The fourth-order valence-electron chi connectivity index (χ4n) is 3.58. The van der Waals surface area contributed by atoms with Crippen LogP contribution in [0.3, 0.4) is 0 Å². The number of hydrogen-bond acceptors (Lipinski definition) is 6. The lowest BCUT2D eigenvalue weighted by molar-refractivity contribution is 0.0629. The predicted molar refractivity (Wildman–Crippen MR) is 116 cm³/mol. The van der Waals surface area contributed by atoms with Gasteiger partial charge in [0.1, 0.15) is 11.6 Å². The Labute approximate surface area is 176 Å². The van der Waals surface area contributed by atoms with Crippen molar-refractivity contribution < 1.29 is 9.53 Å². The minimum Gasteiger partial charge on any atom is -0.495 e. The zero-order valence-electron chi connectivity index (χ0n) is 17.0. The molecule has 0 radical (unpaired) electrons. The van der Waals surface area contributed by atoms with Crippen LogP contribution in [-0.2, 0) is 6.54 Å². The Balaban J connectivity index is 1.43. The van der Waals surface area contributed by atoms with E-state index in [-0.39, 0.29) is 5.91 Å². The van der Waals surface area contributed by atoms with E-state index in [9.17, 15) is 4.79 Å². The molecule has 1 fully saturated rings. The van der Waals surface area contributed by atoms with Crippen LogP contribution in [0.5, 0.6) is 5.75 Å². The second-order valence-electron chi connectivity index (χ2n) is 7.15. The number of benzene rings is 1. The van der Waals surface area contributed by atoms with Gasteiger partial charge in [0, 0.05) is 51.3 Å². The second-order valence-corrected chi connectivity index (χ2v) is 7.15. The zero-order chi connectivity index (χ0) is 20.8. The molecule has 0 unspecified atom stereocenters. The molecule has 154 valence electrons. The Morgan fingerprint density at radius 1 is 1.00 bits per heavy atom. The number of methoxy groups -OCH3 is 1. The third kappa shape index (κ3) is 4.58. The molecule has 30 heavy (non-hydrogen) atoms. The Kier molecular flexibility index (Phi) is 6.20. The molecule has 3 heterocycles. The average Bonchev–Trinajstić information content (AvgIpc) is 2.80. The Morgan fingerprint density at radius 3 is 2.53 bits per heavy atom. The van der Waals surface area contributed by atoms with Crippen LogP contribution in [0.1, 0.15) is 15.9 Å². The van der Waals surface area contributed by atoms with Crippen LogP contribution in [0.15, 0.2) is 67.1 Å². The van der Waals surface area contributed by atoms with Crippen LogP contribution in [0.2, 0.25) is 0 Å². The number of nitrogens with one attached hydrogen (secondary N) is 1. The quantitative estimate of drug-likeness (QED) is 0.682. The fourth-order valence-corrected chi connectivity index (χ4v) is 3.58. The summed E-state index contributed by atoms with van der Waals surface area (Å²) in [6, 6.07) is 15.3. The van der Waals surface area contributed by atoms with E-state index in [4.69, 9.17) is 4.74 Å². The highest BCUT2D eigenvalue weighted by Crippen LogP contribution is 2.28. The van der Waals surface area contributed by atoms with Gasteiger partial charge in [0.15, 0.2) is 0 Å². The topological polar surface area (TPSA) is 70.6 Å². The van der Waals surface area contributed by atoms with Gasteiger partial charge >= 0.3 is 0 Å². The molecular formula is C23H25N5O2. The summed E-state index contributed by atoms with van der Waals surface area (Å²) in [6.45, 7) is 3.92. The molecule has 2 aromatic heterocycles. The molecule has 1 amide bonds. The Morgan fingerprint density at radius 2 is 1.77 bits per heavy atom. The summed E-state index contributed by atoms with van der Waals surface area (Å²) in [7, 11) is 1.62. The van der Waals surface area contributed by atoms with Gasteiger partial charge in [-0.05, 0) is 42.0 Å². The first-order valence-electron chi connectivity index (χ1n) is 10.00. The van der Waals surface area contributed by atoms with Crippen molar-refractivity contribution in [2.24, 2.45) is 0 Å². The normalized spacial score (nSPS) is 14.4. The molecule has 1 saturated heterocycles. The van der Waals surface area contributed by atoms with E-state index in [1.54, 1.807) is 19.4 Å². The van der Waals surface area contributed by atoms with E-state index in [1.165, 1.54) is 5.56 Å². The van der Waals surface area contributed by atoms with E-state index >= 15 is 0 Å². The lowest BCUT2D eigenvalue weighted by atomic mass is 10.1. The number of aromatic nitrogens is 2. The highest BCUT2D eigenvalue weighted by molar-refractivity contribution is 5.99. The third-order valence-corrected chi connectivity index (χ3v) is 5.21. The number of ether oxygens (including phenoxy) is 1. The summed E-state index contributed by atoms with van der Waals surface area (Å²) < 4.78 is 5.40. The molecule has 1 aliphatic heterocycles. The number of rotatable bonds is 6. The van der Waals surface area contributed by atoms with E-state index in [0.717, 1.165) is 25.3 Å². The third-order valence-electron chi connectivity index (χ3n) is 5.21. The monoisotopic (exact) mass is 403 g/mol. The van der Waals surface area contributed by atoms with Gasteiger partial charge in [-0.3, -0.25) is 14.7 Å². The lowest BCUT2D eigenvalue weighted by Crippen LogP contribution is -2.48. The number of nitrogens with zero attached hydrogens (tertiary/aromatic N) is 4. The van der Waals surface area contributed by atoms with Crippen molar-refractivity contribution in [3.63, 3.8) is 0 Å². The minimum atomic E-state index is -0.0101. The maximum absolute atomic E-state index is 13.2. The molecule has 1 N–H and O–H groups in total. The van der Waals surface area contributed by atoms with Gasteiger partial charge in [0.25, 0.3) is 5.91 Å². The lowest BCUT2D eigenvalue weighted by Gasteiger charge is -2.35. The average molecular weight is 403 g/mol. The molecule has 0 saturated carbocycles. The summed E-state index contributed by atoms with van der Waals surface area (Å²) in [4.78, 5) is 25.9. The molecular weight excluding hydrogens is 378 g/mol. The summed E-state index contributed by atoms with van der Waals surface area (Å²) in [5.41, 5.74) is 2.57. The number of pyridine rings is 2. The highest BCUT2D eigenvalue weighted by atomic mass is 16.5. The van der Waals surface area contributed by atoms with Gasteiger partial charge in [-0.2, -0.15) is 0 Å². The van der Waals surface area contributed by atoms with Gasteiger partial charge in [0.05, 0.1) is 18.4 Å². The van der Waals surface area contributed by atoms with Gasteiger partial charge in [0.2, 0.25) is 0 Å². The fraction of sp³-hybridized carbons (Fsp3) is 0.261. The number of hydrogen-bond donors (Lipinski definition) is 1. The number of carbonyl (C=O) groups excluding carboxylic acids is 1. The molecule has 3 aromatic rings. The van der Waals surface area contributed by atoms with Crippen molar-refractivity contribution >= 4 is 17.4 Å². The van der Waals surface area contributed by atoms with Crippen molar-refractivity contribution in [3.8, 4) is 5.75 Å². The zero-order valence-corrected chi connectivity index (χ0v) is 17.0. The maximum Gasteiger partial charge on any atom is 0.257 e. The van der Waals surface area contributed by atoms with Crippen LogP contribution in [-0.4, -0.2) is 59.0 Å². The Bertz CT molecular complexity index is 988. The summed E-state index contributed by atoms with van der Waals surface area (Å²) in [5, 5.41) is 3.25. The minimum absolute atomic E-state index is 0.0101. The van der Waals surface area contributed by atoms with Crippen LogP contribution < -0.4 is 10.1 Å². The van der Waals surface area contributed by atoms with Gasteiger partial charge in [-0.1, -0.05) is 12.1 Å². The van der Waals surface area contributed by atoms with Crippen molar-refractivity contribution in [2.75, 3.05) is 38.6 Å². The smallest absolute Gasteiger partial charge is 0.257 e. The number of amides is 1. The first-order valence-corrected chi connectivity index (χ1v) is 10.00. The van der Waals surface area contributed by atoms with Gasteiger partial charge in [-0.15, -0.1) is 0 Å².